The second kappa shape index (κ2) is 18.8. The van der Waals surface area contributed by atoms with Gasteiger partial charge in [0.25, 0.3) is 0 Å². The molecule has 2 heteroatoms. The number of hydrogen-bond acceptors (Lipinski definition) is 2. The maximum atomic E-state index is 4.71. The molecule has 0 aromatic carbocycles. The highest BCUT2D eigenvalue weighted by atomic mass is 15.1. The summed E-state index contributed by atoms with van der Waals surface area (Å²) in [5, 5.41) is 3.52. The third kappa shape index (κ3) is 14.2. The van der Waals surface area contributed by atoms with Crippen molar-refractivity contribution in [2.45, 2.75) is 154 Å². The van der Waals surface area contributed by atoms with E-state index in [1.807, 2.05) is 6.34 Å². The van der Waals surface area contributed by atoms with E-state index in [9.17, 15) is 0 Å². The van der Waals surface area contributed by atoms with E-state index in [-0.39, 0.29) is 0 Å². The van der Waals surface area contributed by atoms with E-state index in [0.29, 0.717) is 12.1 Å². The second-order valence-electron chi connectivity index (χ2n) is 8.85. The monoisotopic (exact) mass is 378 g/mol. The fourth-order valence-corrected chi connectivity index (χ4v) is 4.34. The van der Waals surface area contributed by atoms with Crippen LogP contribution in [0.25, 0.3) is 0 Å². The molecule has 0 aliphatic carbocycles. The summed E-state index contributed by atoms with van der Waals surface area (Å²) in [6.45, 7) is 4.59. The van der Waals surface area contributed by atoms with Crippen molar-refractivity contribution in [1.82, 2.24) is 5.32 Å². The van der Waals surface area contributed by atoms with Crippen molar-refractivity contribution in [3.63, 3.8) is 0 Å². The van der Waals surface area contributed by atoms with Gasteiger partial charge in [-0.1, -0.05) is 129 Å². The molecule has 27 heavy (non-hydrogen) atoms. The van der Waals surface area contributed by atoms with Gasteiger partial charge in [0.1, 0.15) is 0 Å². The van der Waals surface area contributed by atoms with Gasteiger partial charge < -0.3 is 5.32 Å². The number of rotatable bonds is 20. The first-order valence-electron chi connectivity index (χ1n) is 12.7. The average Bonchev–Trinajstić information content (AvgIpc) is 3.12. The molecule has 1 aliphatic heterocycles. The van der Waals surface area contributed by atoms with Gasteiger partial charge in [0.05, 0.1) is 12.4 Å². The van der Waals surface area contributed by atoms with Crippen molar-refractivity contribution >= 4 is 6.34 Å². The van der Waals surface area contributed by atoms with Gasteiger partial charge in [-0.15, -0.1) is 0 Å². The molecule has 2 unspecified atom stereocenters. The Morgan fingerprint density at radius 1 is 0.556 bits per heavy atom. The van der Waals surface area contributed by atoms with Crippen LogP contribution in [0.5, 0.6) is 0 Å². The highest BCUT2D eigenvalue weighted by molar-refractivity contribution is 5.58. The predicted octanol–water partition coefficient (Wildman–Crippen LogP) is 8.20. The second-order valence-corrected chi connectivity index (χ2v) is 8.85. The summed E-state index contributed by atoms with van der Waals surface area (Å²) in [5.74, 6) is 0. The normalized spacial score (nSPS) is 18.9. The summed E-state index contributed by atoms with van der Waals surface area (Å²) in [5.41, 5.74) is 0. The molecule has 0 fully saturated rings. The lowest BCUT2D eigenvalue weighted by Crippen LogP contribution is -2.31. The van der Waals surface area contributed by atoms with Gasteiger partial charge in [-0.25, -0.2) is 0 Å². The van der Waals surface area contributed by atoms with E-state index in [2.05, 4.69) is 19.2 Å². The van der Waals surface area contributed by atoms with Crippen LogP contribution in [0.15, 0.2) is 4.99 Å². The van der Waals surface area contributed by atoms with Crippen LogP contribution < -0.4 is 5.32 Å². The minimum Gasteiger partial charge on any atom is -0.372 e. The fourth-order valence-electron chi connectivity index (χ4n) is 4.34. The quantitative estimate of drug-likeness (QED) is 0.212. The molecule has 1 heterocycles. The van der Waals surface area contributed by atoms with Crippen LogP contribution in [-0.2, 0) is 0 Å². The first-order valence-corrected chi connectivity index (χ1v) is 12.7. The van der Waals surface area contributed by atoms with E-state index in [1.54, 1.807) is 0 Å². The predicted molar refractivity (Wildman–Crippen MR) is 123 cm³/mol. The average molecular weight is 379 g/mol. The van der Waals surface area contributed by atoms with Crippen LogP contribution in [0.1, 0.15) is 142 Å². The number of nitrogens with one attached hydrogen (secondary N) is 1. The third-order valence-corrected chi connectivity index (χ3v) is 6.24. The standard InChI is InChI=1S/C25H50N2/c1-3-5-7-9-11-13-15-17-19-21-24-25(27-23-26-24)22-20-18-16-14-12-10-8-6-4-2/h23-25H,3-22H2,1-2H3,(H,26,27). The molecule has 1 rings (SSSR count). The molecule has 2 atom stereocenters. The van der Waals surface area contributed by atoms with Crippen LogP contribution in [0.2, 0.25) is 0 Å². The lowest BCUT2D eigenvalue weighted by atomic mass is 9.96. The maximum Gasteiger partial charge on any atom is 0.0831 e. The molecule has 0 saturated carbocycles. The van der Waals surface area contributed by atoms with Gasteiger partial charge in [-0.2, -0.15) is 0 Å². The molecule has 0 aromatic rings. The van der Waals surface area contributed by atoms with Crippen molar-refractivity contribution in [3.05, 3.63) is 0 Å². The van der Waals surface area contributed by atoms with Crippen LogP contribution >= 0.6 is 0 Å². The zero-order chi connectivity index (χ0) is 19.4. The minimum absolute atomic E-state index is 0.559. The first kappa shape index (κ1) is 24.5. The molecule has 0 amide bonds. The molecule has 0 bridgehead atoms. The van der Waals surface area contributed by atoms with Crippen molar-refractivity contribution in [2.24, 2.45) is 4.99 Å². The van der Waals surface area contributed by atoms with Gasteiger partial charge in [0, 0.05) is 6.04 Å². The fraction of sp³-hybridized carbons (Fsp3) is 0.960. The van der Waals surface area contributed by atoms with E-state index >= 15 is 0 Å². The summed E-state index contributed by atoms with van der Waals surface area (Å²) in [4.78, 5) is 4.71. The van der Waals surface area contributed by atoms with Crippen molar-refractivity contribution in [1.29, 1.82) is 0 Å². The summed E-state index contributed by atoms with van der Waals surface area (Å²) in [6, 6.07) is 1.19. The molecular weight excluding hydrogens is 328 g/mol. The van der Waals surface area contributed by atoms with Crippen LogP contribution in [-0.4, -0.2) is 18.4 Å². The number of hydrogen-bond donors (Lipinski definition) is 1. The van der Waals surface area contributed by atoms with E-state index in [4.69, 9.17) is 4.99 Å². The summed E-state index contributed by atoms with van der Waals surface area (Å²) < 4.78 is 0. The molecule has 1 N–H and O–H groups in total. The summed E-state index contributed by atoms with van der Waals surface area (Å²) >= 11 is 0. The molecule has 0 spiro atoms. The number of nitrogens with zero attached hydrogens (tertiary/aromatic N) is 1. The third-order valence-electron chi connectivity index (χ3n) is 6.24. The van der Waals surface area contributed by atoms with Gasteiger partial charge in [0.15, 0.2) is 0 Å². The van der Waals surface area contributed by atoms with E-state index < -0.39 is 0 Å². The smallest absolute Gasteiger partial charge is 0.0831 e. The molecule has 0 radical (unpaired) electrons. The van der Waals surface area contributed by atoms with Crippen molar-refractivity contribution in [2.75, 3.05) is 0 Å². The van der Waals surface area contributed by atoms with Crippen molar-refractivity contribution in [3.8, 4) is 0 Å². The van der Waals surface area contributed by atoms with Crippen molar-refractivity contribution < 1.29 is 0 Å². The Morgan fingerprint density at radius 3 is 1.44 bits per heavy atom. The Hall–Kier alpha value is -0.530. The maximum absolute atomic E-state index is 4.71. The molecular formula is C25H50N2. The lowest BCUT2D eigenvalue weighted by molar-refractivity contribution is 0.428. The molecule has 0 saturated heterocycles. The zero-order valence-electron chi connectivity index (χ0n) is 18.8. The Kier molecular flexibility index (Phi) is 17.1. The van der Waals surface area contributed by atoms with Crippen LogP contribution in [0.4, 0.5) is 0 Å². The zero-order valence-corrected chi connectivity index (χ0v) is 18.8. The minimum atomic E-state index is 0.559. The van der Waals surface area contributed by atoms with Gasteiger partial charge >= 0.3 is 0 Å². The van der Waals surface area contributed by atoms with E-state index in [1.165, 1.54) is 128 Å². The molecule has 1 aliphatic rings. The SMILES string of the molecule is CCCCCCCCCCCC1N=CNC1CCCCCCCCCCC. The molecule has 0 aromatic heterocycles. The highest BCUT2D eigenvalue weighted by Crippen LogP contribution is 2.20. The summed E-state index contributed by atoms with van der Waals surface area (Å²) in [6.07, 6.45) is 30.2. The van der Waals surface area contributed by atoms with Gasteiger partial charge in [0.2, 0.25) is 0 Å². The summed E-state index contributed by atoms with van der Waals surface area (Å²) in [7, 11) is 0. The molecule has 2 nitrogen and oxygen atoms in total. The highest BCUT2D eigenvalue weighted by Gasteiger charge is 2.22. The van der Waals surface area contributed by atoms with Gasteiger partial charge in [-0.05, 0) is 12.8 Å². The topological polar surface area (TPSA) is 24.4 Å². The largest absolute Gasteiger partial charge is 0.372 e. The van der Waals surface area contributed by atoms with Crippen LogP contribution in [0.3, 0.4) is 0 Å². The number of unbranched alkanes of at least 4 members (excludes halogenated alkanes) is 16. The van der Waals surface area contributed by atoms with Gasteiger partial charge in [-0.3, -0.25) is 4.99 Å². The molecule has 160 valence electrons. The lowest BCUT2D eigenvalue weighted by Gasteiger charge is -2.18. The number of aliphatic imine (C=N–C) groups is 1. The Balaban J connectivity index is 1.90. The Bertz CT molecular complexity index is 326. The Morgan fingerprint density at radius 2 is 0.963 bits per heavy atom. The first-order chi connectivity index (χ1) is 13.4. The Labute approximate surface area is 171 Å². The van der Waals surface area contributed by atoms with Crippen LogP contribution in [0, 0.1) is 0 Å². The van der Waals surface area contributed by atoms with E-state index in [0.717, 1.165) is 0 Å².